The number of phenolic OH excluding ortho intramolecular Hbond substituents is 1. The summed E-state index contributed by atoms with van der Waals surface area (Å²) in [5.41, 5.74) is 2.58. The fourth-order valence-electron chi connectivity index (χ4n) is 2.82. The second-order valence-electron chi connectivity index (χ2n) is 6.41. The quantitative estimate of drug-likeness (QED) is 0.452. The van der Waals surface area contributed by atoms with Crippen LogP contribution in [0.5, 0.6) is 5.75 Å². The lowest BCUT2D eigenvalue weighted by molar-refractivity contribution is 0.0267. The highest BCUT2D eigenvalue weighted by Crippen LogP contribution is 2.23. The second-order valence-corrected chi connectivity index (χ2v) is 6.41. The molecule has 0 bridgehead atoms. The van der Waals surface area contributed by atoms with Gasteiger partial charge in [-0.2, -0.15) is 0 Å². The van der Waals surface area contributed by atoms with Gasteiger partial charge in [0.25, 0.3) is 0 Å². The second kappa shape index (κ2) is 9.87. The van der Waals surface area contributed by atoms with E-state index in [4.69, 9.17) is 4.74 Å². The molecule has 0 radical (unpaired) electrons. The van der Waals surface area contributed by atoms with Gasteiger partial charge in [-0.15, -0.1) is 0 Å². The van der Waals surface area contributed by atoms with Crippen molar-refractivity contribution in [2.75, 3.05) is 0 Å². The van der Waals surface area contributed by atoms with E-state index in [1.165, 1.54) is 19.3 Å². The zero-order valence-corrected chi connectivity index (χ0v) is 15.2. The predicted molar refractivity (Wildman–Crippen MR) is 102 cm³/mol. The molecule has 0 unspecified atom stereocenters. The molecule has 25 heavy (non-hydrogen) atoms. The van der Waals surface area contributed by atoms with Gasteiger partial charge in [-0.3, -0.25) is 0 Å². The van der Waals surface area contributed by atoms with Crippen LogP contribution in [0.3, 0.4) is 0 Å². The molecular formula is C22H28O3. The molecule has 0 saturated carbocycles. The lowest BCUT2D eigenvalue weighted by atomic mass is 10.0. The van der Waals surface area contributed by atoms with Crippen LogP contribution in [0.25, 0.3) is 11.1 Å². The topological polar surface area (TPSA) is 46.5 Å². The first-order valence-corrected chi connectivity index (χ1v) is 9.24. The molecule has 0 aliphatic heterocycles. The molecule has 1 N–H and O–H groups in total. The van der Waals surface area contributed by atoms with Crippen LogP contribution in [-0.4, -0.2) is 17.2 Å². The number of benzene rings is 2. The van der Waals surface area contributed by atoms with Crippen molar-refractivity contribution >= 4 is 5.97 Å². The van der Waals surface area contributed by atoms with Gasteiger partial charge in [0, 0.05) is 0 Å². The molecule has 2 aromatic carbocycles. The van der Waals surface area contributed by atoms with Crippen molar-refractivity contribution in [3.05, 3.63) is 54.1 Å². The smallest absolute Gasteiger partial charge is 0.338 e. The number of phenols is 1. The summed E-state index contributed by atoms with van der Waals surface area (Å²) >= 11 is 0. The molecule has 0 saturated heterocycles. The average Bonchev–Trinajstić information content (AvgIpc) is 2.65. The minimum atomic E-state index is -0.250. The van der Waals surface area contributed by atoms with Crippen LogP contribution >= 0.6 is 0 Å². The van der Waals surface area contributed by atoms with E-state index in [0.717, 1.165) is 30.4 Å². The first kappa shape index (κ1) is 19.0. The van der Waals surface area contributed by atoms with E-state index in [0.29, 0.717) is 5.56 Å². The van der Waals surface area contributed by atoms with Gasteiger partial charge in [-0.1, -0.05) is 57.4 Å². The lowest BCUT2D eigenvalue weighted by Crippen LogP contribution is -2.17. The zero-order chi connectivity index (χ0) is 18.1. The van der Waals surface area contributed by atoms with Crippen LogP contribution in [-0.2, 0) is 4.74 Å². The number of unbranched alkanes of at least 4 members (excludes halogenated alkanes) is 3. The fraction of sp³-hybridized carbons (Fsp3) is 0.409. The number of rotatable bonds is 9. The number of carbonyl (C=O) groups is 1. The van der Waals surface area contributed by atoms with Gasteiger partial charge >= 0.3 is 5.97 Å². The van der Waals surface area contributed by atoms with Crippen molar-refractivity contribution in [2.45, 2.75) is 58.5 Å². The Hall–Kier alpha value is -2.29. The van der Waals surface area contributed by atoms with E-state index in [-0.39, 0.29) is 17.8 Å². The molecule has 0 fully saturated rings. The molecule has 0 aliphatic carbocycles. The van der Waals surface area contributed by atoms with E-state index in [1.807, 2.05) is 24.3 Å². The van der Waals surface area contributed by atoms with Gasteiger partial charge in [0.2, 0.25) is 0 Å². The Labute approximate surface area is 150 Å². The Morgan fingerprint density at radius 1 is 0.920 bits per heavy atom. The predicted octanol–water partition coefficient (Wildman–Crippen LogP) is 5.97. The molecule has 3 heteroatoms. The minimum absolute atomic E-state index is 0.00105. The van der Waals surface area contributed by atoms with Gasteiger partial charge < -0.3 is 9.84 Å². The van der Waals surface area contributed by atoms with Crippen LogP contribution in [0.4, 0.5) is 0 Å². The molecule has 2 aromatic rings. The zero-order valence-electron chi connectivity index (χ0n) is 15.2. The van der Waals surface area contributed by atoms with E-state index in [9.17, 15) is 9.90 Å². The van der Waals surface area contributed by atoms with Crippen LogP contribution in [0.2, 0.25) is 0 Å². The SMILES string of the molecule is CCCCCC[C@H](CC)OC(=O)c1ccc(-c2ccc(O)cc2)cc1. The maximum atomic E-state index is 12.3. The Bertz CT molecular complexity index is 644. The molecule has 1 atom stereocenters. The van der Waals surface area contributed by atoms with Crippen molar-refractivity contribution < 1.29 is 14.6 Å². The fourth-order valence-corrected chi connectivity index (χ4v) is 2.82. The third kappa shape index (κ3) is 5.93. The van der Waals surface area contributed by atoms with Crippen molar-refractivity contribution in [1.29, 1.82) is 0 Å². The molecule has 0 aliphatic rings. The number of hydrogen-bond donors (Lipinski definition) is 1. The molecule has 134 valence electrons. The van der Waals surface area contributed by atoms with Crippen LogP contribution in [0.15, 0.2) is 48.5 Å². The Morgan fingerprint density at radius 2 is 1.52 bits per heavy atom. The number of esters is 1. The largest absolute Gasteiger partial charge is 0.508 e. The summed E-state index contributed by atoms with van der Waals surface area (Å²) in [5, 5.41) is 9.36. The van der Waals surface area contributed by atoms with Crippen molar-refractivity contribution in [1.82, 2.24) is 0 Å². The van der Waals surface area contributed by atoms with Gasteiger partial charge in [0.1, 0.15) is 11.9 Å². The number of aromatic hydroxyl groups is 1. The summed E-state index contributed by atoms with van der Waals surface area (Å²) in [5.74, 6) is -0.00640. The highest BCUT2D eigenvalue weighted by molar-refractivity contribution is 5.90. The highest BCUT2D eigenvalue weighted by atomic mass is 16.5. The van der Waals surface area contributed by atoms with Crippen LogP contribution < -0.4 is 0 Å². The Kier molecular flexibility index (Phi) is 7.52. The summed E-state index contributed by atoms with van der Waals surface area (Å²) < 4.78 is 5.66. The molecular weight excluding hydrogens is 312 g/mol. The summed E-state index contributed by atoms with van der Waals surface area (Å²) in [4.78, 5) is 12.3. The summed E-state index contributed by atoms with van der Waals surface area (Å²) in [6.45, 7) is 4.25. The van der Waals surface area contributed by atoms with Crippen LogP contribution in [0, 0.1) is 0 Å². The van der Waals surface area contributed by atoms with E-state index in [2.05, 4.69) is 13.8 Å². The number of ether oxygens (including phenoxy) is 1. The average molecular weight is 340 g/mol. The monoisotopic (exact) mass is 340 g/mol. The normalized spacial score (nSPS) is 11.9. The first-order chi connectivity index (χ1) is 12.1. The summed E-state index contributed by atoms with van der Waals surface area (Å²) in [6, 6.07) is 14.4. The van der Waals surface area contributed by atoms with Gasteiger partial charge in [-0.25, -0.2) is 4.79 Å². The molecule has 0 spiro atoms. The van der Waals surface area contributed by atoms with Gasteiger partial charge in [0.15, 0.2) is 0 Å². The molecule has 0 aromatic heterocycles. The van der Waals surface area contributed by atoms with E-state index in [1.54, 1.807) is 24.3 Å². The van der Waals surface area contributed by atoms with Crippen molar-refractivity contribution in [2.24, 2.45) is 0 Å². The summed E-state index contributed by atoms with van der Waals surface area (Å²) in [7, 11) is 0. The first-order valence-electron chi connectivity index (χ1n) is 9.24. The molecule has 3 nitrogen and oxygen atoms in total. The van der Waals surface area contributed by atoms with Crippen LogP contribution in [0.1, 0.15) is 62.7 Å². The van der Waals surface area contributed by atoms with E-state index < -0.39 is 0 Å². The van der Waals surface area contributed by atoms with Gasteiger partial charge in [0.05, 0.1) is 5.56 Å². The highest BCUT2D eigenvalue weighted by Gasteiger charge is 2.14. The number of carbonyl (C=O) groups excluding carboxylic acids is 1. The maximum Gasteiger partial charge on any atom is 0.338 e. The third-order valence-electron chi connectivity index (χ3n) is 4.43. The molecule has 0 heterocycles. The van der Waals surface area contributed by atoms with Gasteiger partial charge in [-0.05, 0) is 54.7 Å². The molecule has 0 amide bonds. The Balaban J connectivity index is 1.93. The van der Waals surface area contributed by atoms with E-state index >= 15 is 0 Å². The summed E-state index contributed by atoms with van der Waals surface area (Å²) in [6.07, 6.45) is 6.55. The van der Waals surface area contributed by atoms with Crippen molar-refractivity contribution in [3.63, 3.8) is 0 Å². The maximum absolute atomic E-state index is 12.3. The lowest BCUT2D eigenvalue weighted by Gasteiger charge is -2.16. The standard InChI is InChI=1S/C22H28O3/c1-3-5-6-7-8-21(4-2)25-22(24)19-11-9-17(10-12-19)18-13-15-20(23)16-14-18/h9-16,21,23H,3-8H2,1-2H3/t21-/m0/s1. The third-order valence-corrected chi connectivity index (χ3v) is 4.43. The minimum Gasteiger partial charge on any atom is -0.508 e. The molecule has 2 rings (SSSR count). The van der Waals surface area contributed by atoms with Crippen molar-refractivity contribution in [3.8, 4) is 16.9 Å². The number of hydrogen-bond acceptors (Lipinski definition) is 3. The Morgan fingerprint density at radius 3 is 2.08 bits per heavy atom.